The number of anilines is 1. The smallest absolute Gasteiger partial charge is 0.116 e. The van der Waals surface area contributed by atoms with Crippen LogP contribution in [-0.4, -0.2) is 25.5 Å². The molecule has 1 aliphatic heterocycles. The predicted molar refractivity (Wildman–Crippen MR) is 60.0 cm³/mol. The van der Waals surface area contributed by atoms with Gasteiger partial charge >= 0.3 is 0 Å². The van der Waals surface area contributed by atoms with Gasteiger partial charge in [0.15, 0.2) is 0 Å². The number of rotatable bonds is 3. The first kappa shape index (κ1) is 9.06. The molecule has 0 bridgehead atoms. The van der Waals surface area contributed by atoms with Crippen molar-refractivity contribution >= 4 is 11.5 Å². The molecule has 0 atom stereocenters. The van der Waals surface area contributed by atoms with Crippen LogP contribution in [0, 0.1) is 6.92 Å². The first-order chi connectivity index (χ1) is 6.84. The molecule has 0 radical (unpaired) electrons. The van der Waals surface area contributed by atoms with Gasteiger partial charge in [-0.15, -0.1) is 0 Å². The van der Waals surface area contributed by atoms with Crippen LogP contribution < -0.4 is 10.6 Å². The number of amidine groups is 1. The molecule has 74 valence electrons. The van der Waals surface area contributed by atoms with Crippen molar-refractivity contribution < 1.29 is 0 Å². The second-order valence-electron chi connectivity index (χ2n) is 3.47. The number of hydrogen-bond donors (Lipinski definition) is 2. The molecule has 1 aliphatic rings. The lowest BCUT2D eigenvalue weighted by Crippen LogP contribution is -2.26. The lowest BCUT2D eigenvalue weighted by Gasteiger charge is -2.06. The molecule has 3 nitrogen and oxygen atoms in total. The highest BCUT2D eigenvalue weighted by atomic mass is 15.1. The summed E-state index contributed by atoms with van der Waals surface area (Å²) in [4.78, 5) is 4.31. The molecule has 0 amide bonds. The highest BCUT2D eigenvalue weighted by molar-refractivity contribution is 5.87. The van der Waals surface area contributed by atoms with Gasteiger partial charge in [0.2, 0.25) is 0 Å². The monoisotopic (exact) mass is 189 g/mol. The van der Waals surface area contributed by atoms with Crippen molar-refractivity contribution in [2.75, 3.05) is 25.0 Å². The van der Waals surface area contributed by atoms with Crippen LogP contribution >= 0.6 is 0 Å². The van der Waals surface area contributed by atoms with E-state index in [0.29, 0.717) is 0 Å². The maximum Gasteiger partial charge on any atom is 0.116 e. The van der Waals surface area contributed by atoms with Crippen molar-refractivity contribution in [1.82, 2.24) is 5.32 Å². The molecule has 1 aromatic carbocycles. The average molecular weight is 189 g/mol. The Morgan fingerprint density at radius 2 is 2.14 bits per heavy atom. The summed E-state index contributed by atoms with van der Waals surface area (Å²) in [6.45, 7) is 4.77. The van der Waals surface area contributed by atoms with Gasteiger partial charge in [-0.25, -0.2) is 0 Å². The Morgan fingerprint density at radius 1 is 1.36 bits per heavy atom. The standard InChI is InChI=1S/C11H15N3/c1-9-2-4-10(5-3-9)14-8-11-12-6-7-13-11/h2-5,14H,6-8H2,1H3,(H,12,13). The molecule has 1 heterocycles. The van der Waals surface area contributed by atoms with Crippen LogP contribution in [0.15, 0.2) is 29.3 Å². The van der Waals surface area contributed by atoms with Crippen LogP contribution in [0.2, 0.25) is 0 Å². The number of nitrogens with one attached hydrogen (secondary N) is 2. The van der Waals surface area contributed by atoms with E-state index in [1.54, 1.807) is 0 Å². The summed E-state index contributed by atoms with van der Waals surface area (Å²) in [7, 11) is 0. The van der Waals surface area contributed by atoms with Crippen molar-refractivity contribution in [3.63, 3.8) is 0 Å². The van der Waals surface area contributed by atoms with Gasteiger partial charge in [0.25, 0.3) is 0 Å². The first-order valence-corrected chi connectivity index (χ1v) is 4.92. The lowest BCUT2D eigenvalue weighted by molar-refractivity contribution is 0.956. The molecular weight excluding hydrogens is 174 g/mol. The topological polar surface area (TPSA) is 36.4 Å². The molecule has 14 heavy (non-hydrogen) atoms. The van der Waals surface area contributed by atoms with Crippen LogP contribution in [0.1, 0.15) is 5.56 Å². The normalized spacial score (nSPS) is 14.8. The van der Waals surface area contributed by atoms with Gasteiger partial charge in [0.1, 0.15) is 5.84 Å². The number of nitrogens with zero attached hydrogens (tertiary/aromatic N) is 1. The first-order valence-electron chi connectivity index (χ1n) is 4.92. The lowest BCUT2D eigenvalue weighted by atomic mass is 10.2. The van der Waals surface area contributed by atoms with Crippen LogP contribution in [0.25, 0.3) is 0 Å². The van der Waals surface area contributed by atoms with Crippen LogP contribution in [0.4, 0.5) is 5.69 Å². The number of benzene rings is 1. The SMILES string of the molecule is Cc1ccc(NCC2=NCCN2)cc1. The van der Waals surface area contributed by atoms with Crippen molar-refractivity contribution in [1.29, 1.82) is 0 Å². The number of aryl methyl sites for hydroxylation is 1. The summed E-state index contributed by atoms with van der Waals surface area (Å²) in [6.07, 6.45) is 0. The zero-order valence-corrected chi connectivity index (χ0v) is 8.38. The van der Waals surface area contributed by atoms with Crippen LogP contribution in [0.5, 0.6) is 0 Å². The molecular formula is C11H15N3. The summed E-state index contributed by atoms with van der Waals surface area (Å²) >= 11 is 0. The average Bonchev–Trinajstić information content (AvgIpc) is 2.70. The minimum absolute atomic E-state index is 0.795. The van der Waals surface area contributed by atoms with Gasteiger partial charge in [-0.3, -0.25) is 4.99 Å². The fourth-order valence-electron chi connectivity index (χ4n) is 1.42. The van der Waals surface area contributed by atoms with Gasteiger partial charge in [0, 0.05) is 12.2 Å². The van der Waals surface area contributed by atoms with Gasteiger partial charge in [-0.05, 0) is 19.1 Å². The van der Waals surface area contributed by atoms with Gasteiger partial charge in [-0.2, -0.15) is 0 Å². The van der Waals surface area contributed by atoms with E-state index in [1.165, 1.54) is 5.56 Å². The highest BCUT2D eigenvalue weighted by Crippen LogP contribution is 2.07. The Bertz CT molecular complexity index is 327. The van der Waals surface area contributed by atoms with E-state index in [4.69, 9.17) is 0 Å². The highest BCUT2D eigenvalue weighted by Gasteiger charge is 2.03. The molecule has 0 aliphatic carbocycles. The van der Waals surface area contributed by atoms with E-state index in [1.807, 2.05) is 0 Å². The third-order valence-corrected chi connectivity index (χ3v) is 2.26. The minimum atomic E-state index is 0.795. The van der Waals surface area contributed by atoms with Gasteiger partial charge in [0.05, 0.1) is 13.1 Å². The Balaban J connectivity index is 1.88. The molecule has 2 N–H and O–H groups in total. The van der Waals surface area contributed by atoms with Crippen molar-refractivity contribution in [2.24, 2.45) is 4.99 Å². The molecule has 1 aromatic rings. The second-order valence-corrected chi connectivity index (χ2v) is 3.47. The largest absolute Gasteiger partial charge is 0.378 e. The van der Waals surface area contributed by atoms with E-state index in [-0.39, 0.29) is 0 Å². The second kappa shape index (κ2) is 4.13. The van der Waals surface area contributed by atoms with E-state index < -0.39 is 0 Å². The minimum Gasteiger partial charge on any atom is -0.378 e. The van der Waals surface area contributed by atoms with Gasteiger partial charge < -0.3 is 10.6 Å². The Hall–Kier alpha value is -1.51. The van der Waals surface area contributed by atoms with E-state index in [9.17, 15) is 0 Å². The summed E-state index contributed by atoms with van der Waals surface area (Å²) < 4.78 is 0. The van der Waals surface area contributed by atoms with Gasteiger partial charge in [-0.1, -0.05) is 17.7 Å². The summed E-state index contributed by atoms with van der Waals surface area (Å²) in [5, 5.41) is 6.55. The molecule has 2 rings (SSSR count). The Kier molecular flexibility index (Phi) is 2.68. The molecule has 0 saturated heterocycles. The Morgan fingerprint density at radius 3 is 2.79 bits per heavy atom. The summed E-state index contributed by atoms with van der Waals surface area (Å²) in [5.74, 6) is 1.06. The fraction of sp³-hybridized carbons (Fsp3) is 0.364. The number of aliphatic imine (C=N–C) groups is 1. The molecule has 0 saturated carbocycles. The number of hydrogen-bond acceptors (Lipinski definition) is 3. The van der Waals surface area contributed by atoms with E-state index >= 15 is 0 Å². The maximum atomic E-state index is 4.31. The van der Waals surface area contributed by atoms with Crippen LogP contribution in [0.3, 0.4) is 0 Å². The maximum absolute atomic E-state index is 4.31. The van der Waals surface area contributed by atoms with Crippen molar-refractivity contribution in [2.45, 2.75) is 6.92 Å². The van der Waals surface area contributed by atoms with Crippen molar-refractivity contribution in [3.8, 4) is 0 Å². The zero-order valence-electron chi connectivity index (χ0n) is 8.38. The van der Waals surface area contributed by atoms with E-state index in [2.05, 4.69) is 46.8 Å². The molecule has 0 fully saturated rings. The summed E-state index contributed by atoms with van der Waals surface area (Å²) in [5.41, 5.74) is 2.43. The zero-order chi connectivity index (χ0) is 9.80. The molecule has 0 aromatic heterocycles. The third kappa shape index (κ3) is 2.25. The fourth-order valence-corrected chi connectivity index (χ4v) is 1.42. The molecule has 0 unspecified atom stereocenters. The molecule has 3 heteroatoms. The van der Waals surface area contributed by atoms with Crippen molar-refractivity contribution in [3.05, 3.63) is 29.8 Å². The summed E-state index contributed by atoms with van der Waals surface area (Å²) in [6, 6.07) is 8.38. The van der Waals surface area contributed by atoms with E-state index in [0.717, 1.165) is 31.2 Å². The third-order valence-electron chi connectivity index (χ3n) is 2.26. The molecule has 0 spiro atoms. The van der Waals surface area contributed by atoms with Crippen LogP contribution in [-0.2, 0) is 0 Å². The predicted octanol–water partition coefficient (Wildman–Crippen LogP) is 1.41. The quantitative estimate of drug-likeness (QED) is 0.754. The Labute approximate surface area is 84.2 Å².